The van der Waals surface area contributed by atoms with Crippen LogP contribution in [-0.4, -0.2) is 65.0 Å². The number of piperazine rings is 1. The Hall–Kier alpha value is -2.94. The van der Waals surface area contributed by atoms with Gasteiger partial charge in [0.25, 0.3) is 11.6 Å². The van der Waals surface area contributed by atoms with E-state index in [0.717, 1.165) is 30.5 Å². The quantitative estimate of drug-likeness (QED) is 0.543. The minimum absolute atomic E-state index is 0.0957. The van der Waals surface area contributed by atoms with Crippen LogP contribution in [-0.2, 0) is 0 Å². The Morgan fingerprint density at radius 1 is 1.03 bits per heavy atom. The minimum atomic E-state index is -0.529. The van der Waals surface area contributed by atoms with Gasteiger partial charge in [0.15, 0.2) is 0 Å². The van der Waals surface area contributed by atoms with Crippen molar-refractivity contribution in [2.75, 3.05) is 49.1 Å². The first kappa shape index (κ1) is 20.3. The Morgan fingerprint density at radius 2 is 1.73 bits per heavy atom. The average Bonchev–Trinajstić information content (AvgIpc) is 3.28. The van der Waals surface area contributed by atoms with Crippen molar-refractivity contribution in [3.8, 4) is 0 Å². The Bertz CT molecular complexity index is 971. The minimum Gasteiger partial charge on any atom is -0.353 e. The predicted octanol–water partition coefficient (Wildman–Crippen LogP) is 2.91. The lowest BCUT2D eigenvalue weighted by Crippen LogP contribution is -2.49. The molecule has 0 saturated carbocycles. The Labute approximate surface area is 179 Å². The van der Waals surface area contributed by atoms with Gasteiger partial charge in [-0.1, -0.05) is 11.6 Å². The molecule has 10 heteroatoms. The number of halogens is 1. The van der Waals surface area contributed by atoms with Crippen molar-refractivity contribution >= 4 is 35.0 Å². The number of benzene rings is 1. The number of hydrogen-bond acceptors (Lipinski definition) is 7. The summed E-state index contributed by atoms with van der Waals surface area (Å²) >= 11 is 6.13. The summed E-state index contributed by atoms with van der Waals surface area (Å²) in [6.07, 6.45) is 2.33. The number of carbonyl (C=O) groups is 1. The topological polar surface area (TPSA) is 95.7 Å². The number of aryl methyl sites for hydroxylation is 1. The van der Waals surface area contributed by atoms with Crippen LogP contribution in [0.15, 0.2) is 24.3 Å². The molecule has 2 saturated heterocycles. The molecule has 0 unspecified atom stereocenters. The lowest BCUT2D eigenvalue weighted by atomic mass is 10.1. The summed E-state index contributed by atoms with van der Waals surface area (Å²) in [6, 6.07) is 5.92. The summed E-state index contributed by atoms with van der Waals surface area (Å²) in [5.41, 5.74) is 1.08. The van der Waals surface area contributed by atoms with Crippen LogP contribution < -0.4 is 9.80 Å². The highest BCUT2D eigenvalue weighted by molar-refractivity contribution is 6.34. The highest BCUT2D eigenvalue weighted by atomic mass is 35.5. The van der Waals surface area contributed by atoms with Crippen molar-refractivity contribution in [1.29, 1.82) is 0 Å². The van der Waals surface area contributed by atoms with E-state index in [1.54, 1.807) is 4.90 Å². The molecule has 2 aliphatic heterocycles. The Balaban J connectivity index is 1.44. The van der Waals surface area contributed by atoms with Gasteiger partial charge < -0.3 is 14.7 Å². The molecule has 4 rings (SSSR count). The lowest BCUT2D eigenvalue weighted by Gasteiger charge is -2.36. The standard InChI is InChI=1S/C20H23ClN6O3/c1-14-12-18(23-20(22-14)26-6-2-3-7-26)24-8-10-25(11-9-24)19(28)16-5-4-15(27(29)30)13-17(16)21/h4-5,12-13H,2-3,6-11H2,1H3. The van der Waals surface area contributed by atoms with Gasteiger partial charge in [-0.25, -0.2) is 4.98 Å². The van der Waals surface area contributed by atoms with E-state index in [2.05, 4.69) is 14.8 Å². The number of rotatable bonds is 4. The van der Waals surface area contributed by atoms with E-state index in [1.807, 2.05) is 13.0 Å². The van der Waals surface area contributed by atoms with Crippen LogP contribution in [0.25, 0.3) is 0 Å². The number of carbonyl (C=O) groups excluding carboxylic acids is 1. The summed E-state index contributed by atoms with van der Waals surface area (Å²) in [5, 5.41) is 11.0. The number of anilines is 2. The Kier molecular flexibility index (Phi) is 5.72. The molecule has 2 aromatic rings. The van der Waals surface area contributed by atoms with Crippen molar-refractivity contribution in [3.05, 3.63) is 50.7 Å². The molecule has 1 amide bonds. The third-order valence-electron chi connectivity index (χ3n) is 5.50. The van der Waals surface area contributed by atoms with Crippen LogP contribution in [0.5, 0.6) is 0 Å². The number of amides is 1. The fourth-order valence-corrected chi connectivity index (χ4v) is 4.11. The second-order valence-electron chi connectivity index (χ2n) is 7.56. The van der Waals surface area contributed by atoms with Gasteiger partial charge in [-0.2, -0.15) is 4.98 Å². The molecule has 30 heavy (non-hydrogen) atoms. The molecule has 158 valence electrons. The third-order valence-corrected chi connectivity index (χ3v) is 5.82. The zero-order chi connectivity index (χ0) is 21.3. The van der Waals surface area contributed by atoms with Crippen LogP contribution in [0.2, 0.25) is 5.02 Å². The summed E-state index contributed by atoms with van der Waals surface area (Å²) in [6.45, 7) is 6.28. The van der Waals surface area contributed by atoms with Crippen molar-refractivity contribution in [2.45, 2.75) is 19.8 Å². The lowest BCUT2D eigenvalue weighted by molar-refractivity contribution is -0.384. The molecule has 2 fully saturated rings. The van der Waals surface area contributed by atoms with Crippen LogP contribution >= 0.6 is 11.6 Å². The zero-order valence-corrected chi connectivity index (χ0v) is 17.5. The molecule has 0 atom stereocenters. The first-order valence-corrected chi connectivity index (χ1v) is 10.4. The van der Waals surface area contributed by atoms with Crippen molar-refractivity contribution < 1.29 is 9.72 Å². The summed E-state index contributed by atoms with van der Waals surface area (Å²) in [4.78, 5) is 38.6. The first-order chi connectivity index (χ1) is 14.4. The molecular formula is C20H23ClN6O3. The number of hydrogen-bond donors (Lipinski definition) is 0. The van der Waals surface area contributed by atoms with Crippen LogP contribution in [0.4, 0.5) is 17.5 Å². The second-order valence-corrected chi connectivity index (χ2v) is 7.97. The van der Waals surface area contributed by atoms with Gasteiger partial charge in [-0.3, -0.25) is 14.9 Å². The summed E-state index contributed by atoms with van der Waals surface area (Å²) in [5.74, 6) is 1.44. The largest absolute Gasteiger partial charge is 0.353 e. The maximum atomic E-state index is 12.8. The van der Waals surface area contributed by atoms with Gasteiger partial charge in [0, 0.05) is 63.2 Å². The van der Waals surface area contributed by atoms with Crippen molar-refractivity contribution in [2.24, 2.45) is 0 Å². The Morgan fingerprint density at radius 3 is 2.37 bits per heavy atom. The molecule has 9 nitrogen and oxygen atoms in total. The molecule has 0 radical (unpaired) electrons. The monoisotopic (exact) mass is 430 g/mol. The second kappa shape index (κ2) is 8.43. The first-order valence-electron chi connectivity index (χ1n) is 10.0. The van der Waals surface area contributed by atoms with E-state index in [1.165, 1.54) is 31.0 Å². The van der Waals surface area contributed by atoms with Crippen LogP contribution in [0.3, 0.4) is 0 Å². The number of aromatic nitrogens is 2. The molecule has 0 bridgehead atoms. The van der Waals surface area contributed by atoms with Crippen molar-refractivity contribution in [3.63, 3.8) is 0 Å². The number of non-ortho nitro benzene ring substituents is 1. The van der Waals surface area contributed by atoms with Gasteiger partial charge in [0.1, 0.15) is 5.82 Å². The SMILES string of the molecule is Cc1cc(N2CCN(C(=O)c3ccc([N+](=O)[O-])cc3Cl)CC2)nc(N2CCCC2)n1. The summed E-state index contributed by atoms with van der Waals surface area (Å²) < 4.78 is 0. The zero-order valence-electron chi connectivity index (χ0n) is 16.8. The average molecular weight is 431 g/mol. The highest BCUT2D eigenvalue weighted by Crippen LogP contribution is 2.25. The van der Waals surface area contributed by atoms with E-state index < -0.39 is 4.92 Å². The molecule has 3 heterocycles. The fourth-order valence-electron chi connectivity index (χ4n) is 3.86. The molecule has 2 aliphatic rings. The van der Waals surface area contributed by atoms with Gasteiger partial charge in [-0.05, 0) is 25.8 Å². The number of nitro benzene ring substituents is 1. The van der Waals surface area contributed by atoms with Crippen LogP contribution in [0.1, 0.15) is 28.9 Å². The maximum absolute atomic E-state index is 12.8. The van der Waals surface area contributed by atoms with Gasteiger partial charge in [-0.15, -0.1) is 0 Å². The molecule has 1 aromatic carbocycles. The third kappa shape index (κ3) is 4.16. The molecule has 0 spiro atoms. The van der Waals surface area contributed by atoms with Crippen LogP contribution in [0, 0.1) is 17.0 Å². The molecule has 1 aromatic heterocycles. The summed E-state index contributed by atoms with van der Waals surface area (Å²) in [7, 11) is 0. The van der Waals surface area contributed by atoms with Crippen molar-refractivity contribution in [1.82, 2.24) is 14.9 Å². The van der Waals surface area contributed by atoms with E-state index in [-0.39, 0.29) is 22.2 Å². The highest BCUT2D eigenvalue weighted by Gasteiger charge is 2.26. The van der Waals surface area contributed by atoms with E-state index in [0.29, 0.717) is 26.2 Å². The molecule has 0 aliphatic carbocycles. The predicted molar refractivity (Wildman–Crippen MR) is 114 cm³/mol. The van der Waals surface area contributed by atoms with E-state index in [9.17, 15) is 14.9 Å². The van der Waals surface area contributed by atoms with E-state index in [4.69, 9.17) is 16.6 Å². The number of nitrogens with zero attached hydrogens (tertiary/aromatic N) is 6. The fraction of sp³-hybridized carbons (Fsp3) is 0.450. The number of nitro groups is 1. The smallest absolute Gasteiger partial charge is 0.270 e. The van der Waals surface area contributed by atoms with Gasteiger partial charge in [0.05, 0.1) is 15.5 Å². The molecular weight excluding hydrogens is 408 g/mol. The maximum Gasteiger partial charge on any atom is 0.270 e. The normalized spacial score (nSPS) is 16.8. The van der Waals surface area contributed by atoms with Gasteiger partial charge >= 0.3 is 0 Å². The van der Waals surface area contributed by atoms with E-state index >= 15 is 0 Å². The molecule has 0 N–H and O–H groups in total. The van der Waals surface area contributed by atoms with Gasteiger partial charge in [0.2, 0.25) is 5.95 Å².